The first kappa shape index (κ1) is 14.9. The van der Waals surface area contributed by atoms with Crippen molar-refractivity contribution in [2.45, 2.75) is 26.9 Å². The van der Waals surface area contributed by atoms with Crippen LogP contribution in [-0.2, 0) is 4.79 Å². The number of anilines is 2. The predicted octanol–water partition coefficient (Wildman–Crippen LogP) is -0.187. The number of rotatable bonds is 6. The molecule has 0 aliphatic heterocycles. The molecule has 1 amide bonds. The van der Waals surface area contributed by atoms with E-state index in [1.165, 1.54) is 0 Å². The molecular weight excluding hydrogens is 248 g/mol. The van der Waals surface area contributed by atoms with Crippen LogP contribution in [0.5, 0.6) is 6.01 Å². The van der Waals surface area contributed by atoms with Gasteiger partial charge in [-0.25, -0.2) is 0 Å². The maximum absolute atomic E-state index is 11.4. The third-order valence-corrected chi connectivity index (χ3v) is 2.24. The van der Waals surface area contributed by atoms with Crippen LogP contribution >= 0.6 is 0 Å². The van der Waals surface area contributed by atoms with Crippen molar-refractivity contribution in [3.05, 3.63) is 0 Å². The minimum atomic E-state index is -0.132. The smallest absolute Gasteiger partial charge is 0.323 e. The normalized spacial score (nSPS) is 10.4. The second-order valence-corrected chi connectivity index (χ2v) is 4.13. The highest BCUT2D eigenvalue weighted by Gasteiger charge is 2.15. The Bertz CT molecular complexity index is 437. The van der Waals surface area contributed by atoms with Gasteiger partial charge in [0.2, 0.25) is 17.8 Å². The van der Waals surface area contributed by atoms with E-state index in [1.807, 2.05) is 20.8 Å². The molecule has 8 heteroatoms. The number of nitrogen functional groups attached to an aromatic ring is 1. The number of hydrogen-bond donors (Lipinski definition) is 2. The minimum absolute atomic E-state index is 0.0657. The highest BCUT2D eigenvalue weighted by atomic mass is 16.5. The van der Waals surface area contributed by atoms with E-state index < -0.39 is 0 Å². The second-order valence-electron chi connectivity index (χ2n) is 4.13. The fraction of sp³-hybridized carbons (Fsp3) is 0.636. The van der Waals surface area contributed by atoms with Gasteiger partial charge in [0.15, 0.2) is 0 Å². The average Bonchev–Trinajstić information content (AvgIpc) is 2.33. The number of aromatic nitrogens is 3. The summed E-state index contributed by atoms with van der Waals surface area (Å²) in [5.41, 5.74) is 5.62. The van der Waals surface area contributed by atoms with E-state index in [4.69, 9.17) is 10.5 Å². The fourth-order valence-corrected chi connectivity index (χ4v) is 1.34. The van der Waals surface area contributed by atoms with Crippen LogP contribution in [-0.4, -0.2) is 47.1 Å². The third kappa shape index (κ3) is 4.57. The summed E-state index contributed by atoms with van der Waals surface area (Å²) in [4.78, 5) is 25.2. The summed E-state index contributed by atoms with van der Waals surface area (Å²) in [6.45, 7) is 6.34. The second kappa shape index (κ2) is 6.72. The summed E-state index contributed by atoms with van der Waals surface area (Å²) < 4.78 is 5.39. The summed E-state index contributed by atoms with van der Waals surface area (Å²) in [5, 5.41) is 2.55. The Morgan fingerprint density at radius 3 is 2.63 bits per heavy atom. The zero-order chi connectivity index (χ0) is 14.4. The van der Waals surface area contributed by atoms with Gasteiger partial charge in [-0.15, -0.1) is 0 Å². The number of nitrogens with zero attached hydrogens (tertiary/aromatic N) is 4. The Kier molecular flexibility index (Phi) is 5.28. The molecule has 0 unspecified atom stereocenters. The van der Waals surface area contributed by atoms with Crippen LogP contribution in [0.25, 0.3) is 0 Å². The molecular formula is C11H20N6O2. The number of carbonyl (C=O) groups excluding carboxylic acids is 1. The van der Waals surface area contributed by atoms with E-state index in [0.717, 1.165) is 0 Å². The van der Waals surface area contributed by atoms with Gasteiger partial charge in [-0.3, -0.25) is 4.79 Å². The number of ether oxygens (including phenoxy) is 1. The van der Waals surface area contributed by atoms with Crippen LogP contribution in [0.15, 0.2) is 0 Å². The first-order valence-electron chi connectivity index (χ1n) is 6.10. The highest BCUT2D eigenvalue weighted by Crippen LogP contribution is 2.14. The van der Waals surface area contributed by atoms with Crippen LogP contribution < -0.4 is 20.7 Å². The number of nitrogens with one attached hydrogen (secondary N) is 1. The Labute approximate surface area is 112 Å². The van der Waals surface area contributed by atoms with Gasteiger partial charge in [0.05, 0.1) is 12.6 Å². The Morgan fingerprint density at radius 1 is 1.42 bits per heavy atom. The van der Waals surface area contributed by atoms with Gasteiger partial charge in [-0.2, -0.15) is 15.0 Å². The van der Waals surface area contributed by atoms with E-state index in [-0.39, 0.29) is 30.5 Å². The highest BCUT2D eigenvalue weighted by molar-refractivity contribution is 5.80. The molecule has 0 bridgehead atoms. The zero-order valence-corrected chi connectivity index (χ0v) is 11.7. The Morgan fingerprint density at radius 2 is 2.11 bits per heavy atom. The third-order valence-electron chi connectivity index (χ3n) is 2.24. The van der Waals surface area contributed by atoms with Crippen molar-refractivity contribution >= 4 is 17.8 Å². The molecule has 8 nitrogen and oxygen atoms in total. The number of nitrogens with two attached hydrogens (primary N) is 1. The molecule has 0 fully saturated rings. The van der Waals surface area contributed by atoms with Crippen molar-refractivity contribution in [3.63, 3.8) is 0 Å². The molecule has 0 atom stereocenters. The van der Waals surface area contributed by atoms with Crippen molar-refractivity contribution in [1.82, 2.24) is 20.3 Å². The standard InChI is InChI=1S/C11H20N6O2/c1-5-17(6-8(18)13-4)10-14-9(12)15-11(16-10)19-7(2)3/h7H,5-6H2,1-4H3,(H,13,18)(H2,12,14,15,16). The molecule has 0 radical (unpaired) electrons. The molecule has 0 aromatic carbocycles. The predicted molar refractivity (Wildman–Crippen MR) is 72.0 cm³/mol. The topological polar surface area (TPSA) is 106 Å². The summed E-state index contributed by atoms with van der Waals surface area (Å²) in [6.07, 6.45) is -0.0660. The van der Waals surface area contributed by atoms with Gasteiger partial charge in [0.1, 0.15) is 0 Å². The van der Waals surface area contributed by atoms with Gasteiger partial charge < -0.3 is 20.7 Å². The van der Waals surface area contributed by atoms with Crippen LogP contribution in [0.4, 0.5) is 11.9 Å². The number of amides is 1. The number of carbonyl (C=O) groups is 1. The van der Waals surface area contributed by atoms with Crippen molar-refractivity contribution in [2.75, 3.05) is 30.8 Å². The molecule has 19 heavy (non-hydrogen) atoms. The molecule has 0 aliphatic carbocycles. The molecule has 1 rings (SSSR count). The molecule has 0 aliphatic rings. The molecule has 1 aromatic rings. The minimum Gasteiger partial charge on any atom is -0.461 e. The maximum atomic E-state index is 11.4. The van der Waals surface area contributed by atoms with E-state index in [0.29, 0.717) is 12.5 Å². The first-order chi connectivity index (χ1) is 8.96. The van der Waals surface area contributed by atoms with Gasteiger partial charge in [0.25, 0.3) is 0 Å². The lowest BCUT2D eigenvalue weighted by molar-refractivity contribution is -0.119. The van der Waals surface area contributed by atoms with E-state index >= 15 is 0 Å². The molecule has 3 N–H and O–H groups in total. The first-order valence-corrected chi connectivity index (χ1v) is 6.10. The van der Waals surface area contributed by atoms with Crippen molar-refractivity contribution in [3.8, 4) is 6.01 Å². The van der Waals surface area contributed by atoms with Gasteiger partial charge in [-0.05, 0) is 20.8 Å². The van der Waals surface area contributed by atoms with Crippen molar-refractivity contribution in [2.24, 2.45) is 0 Å². The van der Waals surface area contributed by atoms with Crippen molar-refractivity contribution in [1.29, 1.82) is 0 Å². The molecule has 1 heterocycles. The molecule has 0 saturated carbocycles. The summed E-state index contributed by atoms with van der Waals surface area (Å²) in [6, 6.07) is 0.160. The molecule has 1 aromatic heterocycles. The van der Waals surface area contributed by atoms with Gasteiger partial charge >= 0.3 is 6.01 Å². The number of hydrogen-bond acceptors (Lipinski definition) is 7. The summed E-state index contributed by atoms with van der Waals surface area (Å²) in [7, 11) is 1.57. The van der Waals surface area contributed by atoms with E-state index in [2.05, 4.69) is 20.3 Å². The van der Waals surface area contributed by atoms with Gasteiger partial charge in [-0.1, -0.05) is 0 Å². The summed E-state index contributed by atoms with van der Waals surface area (Å²) >= 11 is 0. The van der Waals surface area contributed by atoms with E-state index in [1.54, 1.807) is 11.9 Å². The Balaban J connectivity index is 2.96. The molecule has 0 saturated heterocycles. The van der Waals surface area contributed by atoms with E-state index in [9.17, 15) is 4.79 Å². The largest absolute Gasteiger partial charge is 0.461 e. The van der Waals surface area contributed by atoms with Crippen LogP contribution in [0, 0.1) is 0 Å². The monoisotopic (exact) mass is 268 g/mol. The lowest BCUT2D eigenvalue weighted by Crippen LogP contribution is -2.36. The van der Waals surface area contributed by atoms with Crippen molar-refractivity contribution < 1.29 is 9.53 Å². The average molecular weight is 268 g/mol. The van der Waals surface area contributed by atoms with Crippen LogP contribution in [0.3, 0.4) is 0 Å². The van der Waals surface area contributed by atoms with Gasteiger partial charge in [0, 0.05) is 13.6 Å². The van der Waals surface area contributed by atoms with Crippen LogP contribution in [0.1, 0.15) is 20.8 Å². The molecule has 106 valence electrons. The zero-order valence-electron chi connectivity index (χ0n) is 11.7. The quantitative estimate of drug-likeness (QED) is 0.736. The lowest BCUT2D eigenvalue weighted by atomic mass is 10.5. The summed E-state index contributed by atoms with van der Waals surface area (Å²) in [5.74, 6) is 0.261. The Hall–Kier alpha value is -2.12. The van der Waals surface area contributed by atoms with Crippen LogP contribution in [0.2, 0.25) is 0 Å². The fourth-order valence-electron chi connectivity index (χ4n) is 1.34. The lowest BCUT2D eigenvalue weighted by Gasteiger charge is -2.20. The SMILES string of the molecule is CCN(CC(=O)NC)c1nc(N)nc(OC(C)C)n1. The maximum Gasteiger partial charge on any atom is 0.323 e. The molecule has 0 spiro atoms. The number of likely N-dealkylation sites (N-methyl/N-ethyl adjacent to an activating group) is 2.